The molecular formula is C20H27F3N2O2. The van der Waals surface area contributed by atoms with E-state index < -0.39 is 29.2 Å². The first-order valence-electron chi connectivity index (χ1n) is 9.31. The number of fused-ring (bicyclic) bond motifs is 1. The van der Waals surface area contributed by atoms with Crippen LogP contribution < -0.4 is 0 Å². The summed E-state index contributed by atoms with van der Waals surface area (Å²) in [6, 6.07) is 9.53. The number of piperidine rings is 1. The Kier molecular flexibility index (Phi) is 5.18. The average Bonchev–Trinajstić information content (AvgIpc) is 2.92. The number of carbonyl (C=O) groups excluding carboxylic acids is 1. The van der Waals surface area contributed by atoms with E-state index in [0.717, 1.165) is 5.56 Å². The van der Waals surface area contributed by atoms with Crippen LogP contribution in [0.2, 0.25) is 0 Å². The summed E-state index contributed by atoms with van der Waals surface area (Å²) in [5.41, 5.74) is -1.62. The minimum Gasteiger partial charge on any atom is -0.444 e. The van der Waals surface area contributed by atoms with Crippen molar-refractivity contribution in [2.24, 2.45) is 11.3 Å². The fourth-order valence-electron chi connectivity index (χ4n) is 4.21. The molecule has 0 unspecified atom stereocenters. The topological polar surface area (TPSA) is 32.8 Å². The van der Waals surface area contributed by atoms with E-state index in [1.165, 1.54) is 4.90 Å². The van der Waals surface area contributed by atoms with Crippen LogP contribution in [0.1, 0.15) is 32.8 Å². The second-order valence-corrected chi connectivity index (χ2v) is 8.70. The Morgan fingerprint density at radius 2 is 1.85 bits per heavy atom. The number of nitrogens with zero attached hydrogens (tertiary/aromatic N) is 2. The van der Waals surface area contributed by atoms with E-state index in [1.807, 2.05) is 35.2 Å². The molecule has 27 heavy (non-hydrogen) atoms. The lowest BCUT2D eigenvalue weighted by Gasteiger charge is -2.45. The van der Waals surface area contributed by atoms with Crippen molar-refractivity contribution in [1.82, 2.24) is 9.80 Å². The Labute approximate surface area is 158 Å². The SMILES string of the molecule is CC(C)(C)OC(=O)N1CC[C@@H]2CN(Cc3ccccc3)C[C@]2(C(F)(F)F)C1. The molecule has 0 saturated carbocycles. The van der Waals surface area contributed by atoms with Crippen LogP contribution in [0, 0.1) is 11.3 Å². The standard InChI is InChI=1S/C20H27F3N2O2/c1-18(2,3)27-17(26)25-10-9-16-12-24(11-15-7-5-4-6-8-15)13-19(16,14-25)20(21,22)23/h4-8,16H,9-14H2,1-3H3/t16-,19+/m1/s1. The van der Waals surface area contributed by atoms with Crippen LogP contribution in [-0.4, -0.2) is 53.8 Å². The van der Waals surface area contributed by atoms with E-state index in [2.05, 4.69) is 0 Å². The first kappa shape index (κ1) is 20.0. The summed E-state index contributed by atoms with van der Waals surface area (Å²) < 4.78 is 47.8. The Morgan fingerprint density at radius 1 is 1.19 bits per heavy atom. The molecule has 2 aliphatic rings. The van der Waals surface area contributed by atoms with E-state index in [1.54, 1.807) is 20.8 Å². The molecule has 3 rings (SSSR count). The summed E-state index contributed by atoms with van der Waals surface area (Å²) in [6.45, 7) is 5.92. The van der Waals surface area contributed by atoms with Gasteiger partial charge in [-0.3, -0.25) is 4.90 Å². The van der Waals surface area contributed by atoms with Crippen LogP contribution in [0.25, 0.3) is 0 Å². The first-order valence-corrected chi connectivity index (χ1v) is 9.31. The number of ether oxygens (including phenoxy) is 1. The molecule has 2 atom stereocenters. The van der Waals surface area contributed by atoms with Gasteiger partial charge in [0.05, 0.1) is 0 Å². The minimum atomic E-state index is -4.37. The lowest BCUT2D eigenvalue weighted by Crippen LogP contribution is -2.58. The smallest absolute Gasteiger partial charge is 0.410 e. The van der Waals surface area contributed by atoms with E-state index >= 15 is 0 Å². The zero-order valence-corrected chi connectivity index (χ0v) is 16.1. The van der Waals surface area contributed by atoms with Gasteiger partial charge in [0.15, 0.2) is 0 Å². The third-order valence-corrected chi connectivity index (χ3v) is 5.45. The van der Waals surface area contributed by atoms with Gasteiger partial charge in [-0.2, -0.15) is 13.2 Å². The molecule has 2 fully saturated rings. The van der Waals surface area contributed by atoms with Gasteiger partial charge in [0.2, 0.25) is 0 Å². The Hall–Kier alpha value is -1.76. The van der Waals surface area contributed by atoms with Gasteiger partial charge in [-0.1, -0.05) is 30.3 Å². The summed E-state index contributed by atoms with van der Waals surface area (Å²) >= 11 is 0. The summed E-state index contributed by atoms with van der Waals surface area (Å²) in [5.74, 6) is -0.500. The Bertz CT molecular complexity index is 672. The molecule has 0 spiro atoms. The maximum absolute atomic E-state index is 14.2. The van der Waals surface area contributed by atoms with Crippen LogP contribution in [0.4, 0.5) is 18.0 Å². The molecule has 4 nitrogen and oxygen atoms in total. The molecule has 7 heteroatoms. The highest BCUT2D eigenvalue weighted by Crippen LogP contribution is 2.53. The number of carbonyl (C=O) groups is 1. The average molecular weight is 384 g/mol. The molecule has 1 aromatic carbocycles. The number of alkyl halides is 3. The Morgan fingerprint density at radius 3 is 2.44 bits per heavy atom. The van der Waals surface area contributed by atoms with Gasteiger partial charge in [-0.15, -0.1) is 0 Å². The van der Waals surface area contributed by atoms with Crippen molar-refractivity contribution in [2.45, 2.75) is 45.5 Å². The number of amides is 1. The number of hydrogen-bond donors (Lipinski definition) is 0. The maximum Gasteiger partial charge on any atom is 0.410 e. The second-order valence-electron chi connectivity index (χ2n) is 8.70. The van der Waals surface area contributed by atoms with E-state index in [0.29, 0.717) is 26.1 Å². The molecule has 0 aliphatic carbocycles. The number of benzene rings is 1. The third-order valence-electron chi connectivity index (χ3n) is 5.45. The third kappa shape index (κ3) is 4.23. The molecule has 2 heterocycles. The predicted octanol–water partition coefficient (Wildman–Crippen LogP) is 4.31. The molecule has 1 aromatic rings. The van der Waals surface area contributed by atoms with Gasteiger partial charge in [0, 0.05) is 32.7 Å². The zero-order chi connectivity index (χ0) is 19.9. The van der Waals surface area contributed by atoms with E-state index in [-0.39, 0.29) is 13.1 Å². The quantitative estimate of drug-likeness (QED) is 0.762. The molecule has 0 aromatic heterocycles. The molecular weight excluding hydrogens is 357 g/mol. The van der Waals surface area contributed by atoms with Crippen LogP contribution >= 0.6 is 0 Å². The molecule has 2 aliphatic heterocycles. The van der Waals surface area contributed by atoms with E-state index in [9.17, 15) is 18.0 Å². The van der Waals surface area contributed by atoms with Crippen LogP contribution in [0.3, 0.4) is 0 Å². The summed E-state index contributed by atoms with van der Waals surface area (Å²) in [6.07, 6.45) is -4.69. The van der Waals surface area contributed by atoms with Crippen molar-refractivity contribution >= 4 is 6.09 Å². The molecule has 150 valence electrons. The lowest BCUT2D eigenvalue weighted by atomic mass is 9.72. The monoisotopic (exact) mass is 384 g/mol. The highest BCUT2D eigenvalue weighted by atomic mass is 19.4. The first-order chi connectivity index (χ1) is 12.5. The summed E-state index contributed by atoms with van der Waals surface area (Å²) in [7, 11) is 0. The van der Waals surface area contributed by atoms with Crippen molar-refractivity contribution < 1.29 is 22.7 Å². The van der Waals surface area contributed by atoms with Gasteiger partial charge >= 0.3 is 12.3 Å². The lowest BCUT2D eigenvalue weighted by molar-refractivity contribution is -0.244. The van der Waals surface area contributed by atoms with Crippen LogP contribution in [0.5, 0.6) is 0 Å². The van der Waals surface area contributed by atoms with Gasteiger partial charge in [0.25, 0.3) is 0 Å². The Balaban J connectivity index is 1.78. The van der Waals surface area contributed by atoms with Crippen LogP contribution in [-0.2, 0) is 11.3 Å². The fraction of sp³-hybridized carbons (Fsp3) is 0.650. The van der Waals surface area contributed by atoms with E-state index in [4.69, 9.17) is 4.74 Å². The second kappa shape index (κ2) is 7.00. The summed E-state index contributed by atoms with van der Waals surface area (Å²) in [5, 5.41) is 0. The van der Waals surface area contributed by atoms with Gasteiger partial charge in [-0.05, 0) is 38.7 Å². The molecule has 0 bridgehead atoms. The molecule has 2 saturated heterocycles. The number of hydrogen-bond acceptors (Lipinski definition) is 3. The molecule has 0 N–H and O–H groups in total. The van der Waals surface area contributed by atoms with Crippen molar-refractivity contribution in [2.75, 3.05) is 26.2 Å². The van der Waals surface area contributed by atoms with Gasteiger partial charge < -0.3 is 9.64 Å². The van der Waals surface area contributed by atoms with Crippen molar-refractivity contribution in [3.8, 4) is 0 Å². The normalized spacial score (nSPS) is 26.7. The largest absolute Gasteiger partial charge is 0.444 e. The van der Waals surface area contributed by atoms with Gasteiger partial charge in [0.1, 0.15) is 11.0 Å². The molecule has 0 radical (unpaired) electrons. The number of likely N-dealkylation sites (tertiary alicyclic amines) is 2. The highest BCUT2D eigenvalue weighted by molar-refractivity contribution is 5.68. The number of halogens is 3. The maximum atomic E-state index is 14.2. The number of rotatable bonds is 2. The van der Waals surface area contributed by atoms with Crippen molar-refractivity contribution in [1.29, 1.82) is 0 Å². The van der Waals surface area contributed by atoms with Crippen LogP contribution in [0.15, 0.2) is 30.3 Å². The van der Waals surface area contributed by atoms with Gasteiger partial charge in [-0.25, -0.2) is 4.79 Å². The van der Waals surface area contributed by atoms with Crippen molar-refractivity contribution in [3.05, 3.63) is 35.9 Å². The fourth-order valence-corrected chi connectivity index (χ4v) is 4.21. The van der Waals surface area contributed by atoms with Crippen molar-refractivity contribution in [3.63, 3.8) is 0 Å². The minimum absolute atomic E-state index is 0.0879. The predicted molar refractivity (Wildman–Crippen MR) is 96.1 cm³/mol. The zero-order valence-electron chi connectivity index (χ0n) is 16.1. The highest BCUT2D eigenvalue weighted by Gasteiger charge is 2.65. The summed E-state index contributed by atoms with van der Waals surface area (Å²) in [4.78, 5) is 15.5. The molecule has 1 amide bonds.